The van der Waals surface area contributed by atoms with Crippen molar-refractivity contribution in [1.82, 2.24) is 10.2 Å². The van der Waals surface area contributed by atoms with Crippen molar-refractivity contribution in [3.63, 3.8) is 0 Å². The average molecular weight is 303 g/mol. The Morgan fingerprint density at radius 1 is 1.32 bits per heavy atom. The molecule has 0 radical (unpaired) electrons. The Morgan fingerprint density at radius 3 is 2.58 bits per heavy atom. The highest BCUT2D eigenvalue weighted by Gasteiger charge is 2.08. The molecule has 0 atom stereocenters. The predicted molar refractivity (Wildman–Crippen MR) is 80.6 cm³/mol. The van der Waals surface area contributed by atoms with Gasteiger partial charge in [-0.15, -0.1) is 0 Å². The van der Waals surface area contributed by atoms with Crippen LogP contribution in [-0.4, -0.2) is 30.9 Å². The number of rotatable bonds is 6. The Bertz CT molecular complexity index is 435. The second-order valence-electron chi connectivity index (χ2n) is 5.12. The summed E-state index contributed by atoms with van der Waals surface area (Å²) >= 11 is 11.8. The molecule has 0 aromatic heterocycles. The first kappa shape index (κ1) is 16.3. The molecule has 1 aromatic carbocycles. The number of halogens is 2. The standard InChI is InChI=1S/C14H20Cl2N2O/c1-10(2)7-17-14(19)9-18(3)8-11-4-5-12(15)13(16)6-11/h4-6,10H,7-9H2,1-3H3,(H,17,19). The zero-order valence-corrected chi connectivity index (χ0v) is 13.1. The molecule has 106 valence electrons. The Morgan fingerprint density at radius 2 is 2.00 bits per heavy atom. The summed E-state index contributed by atoms with van der Waals surface area (Å²) in [6.07, 6.45) is 0. The fourth-order valence-corrected chi connectivity index (χ4v) is 1.95. The van der Waals surface area contributed by atoms with Gasteiger partial charge in [0.2, 0.25) is 5.91 Å². The molecule has 0 fully saturated rings. The van der Waals surface area contributed by atoms with Crippen molar-refractivity contribution in [1.29, 1.82) is 0 Å². The highest BCUT2D eigenvalue weighted by atomic mass is 35.5. The Kier molecular flexibility index (Phi) is 6.63. The van der Waals surface area contributed by atoms with E-state index in [0.717, 1.165) is 5.56 Å². The van der Waals surface area contributed by atoms with Gasteiger partial charge in [0.1, 0.15) is 0 Å². The van der Waals surface area contributed by atoms with Gasteiger partial charge in [-0.1, -0.05) is 43.1 Å². The quantitative estimate of drug-likeness (QED) is 0.875. The molecule has 1 aromatic rings. The molecule has 5 heteroatoms. The summed E-state index contributed by atoms with van der Waals surface area (Å²) in [6, 6.07) is 5.51. The van der Waals surface area contributed by atoms with Crippen molar-refractivity contribution < 1.29 is 4.79 Å². The lowest BCUT2D eigenvalue weighted by molar-refractivity contribution is -0.122. The molecule has 1 rings (SSSR count). The number of hydrogen-bond acceptors (Lipinski definition) is 2. The van der Waals surface area contributed by atoms with Gasteiger partial charge in [-0.25, -0.2) is 0 Å². The summed E-state index contributed by atoms with van der Waals surface area (Å²) in [6.45, 7) is 5.87. The molecule has 1 amide bonds. The number of carbonyl (C=O) groups excluding carboxylic acids is 1. The molecule has 0 unspecified atom stereocenters. The van der Waals surface area contributed by atoms with E-state index in [1.54, 1.807) is 6.07 Å². The SMILES string of the molecule is CC(C)CNC(=O)CN(C)Cc1ccc(Cl)c(Cl)c1. The maximum atomic E-state index is 11.7. The van der Waals surface area contributed by atoms with Crippen LogP contribution < -0.4 is 5.32 Å². The maximum Gasteiger partial charge on any atom is 0.234 e. The molecule has 0 aliphatic rings. The summed E-state index contributed by atoms with van der Waals surface area (Å²) in [5, 5.41) is 3.97. The van der Waals surface area contributed by atoms with Crippen LogP contribution in [0.2, 0.25) is 10.0 Å². The molecule has 0 bridgehead atoms. The molecular weight excluding hydrogens is 283 g/mol. The average Bonchev–Trinajstić information content (AvgIpc) is 2.31. The van der Waals surface area contributed by atoms with Gasteiger partial charge in [0.25, 0.3) is 0 Å². The molecule has 19 heavy (non-hydrogen) atoms. The van der Waals surface area contributed by atoms with E-state index in [1.165, 1.54) is 0 Å². The first-order chi connectivity index (χ1) is 8.88. The molecule has 0 spiro atoms. The molecule has 0 aliphatic heterocycles. The number of amides is 1. The second kappa shape index (κ2) is 7.73. The summed E-state index contributed by atoms with van der Waals surface area (Å²) in [7, 11) is 1.90. The van der Waals surface area contributed by atoms with Crippen LogP contribution in [0.5, 0.6) is 0 Å². The van der Waals surface area contributed by atoms with E-state index in [1.807, 2.05) is 24.1 Å². The fourth-order valence-electron chi connectivity index (χ4n) is 1.62. The minimum Gasteiger partial charge on any atom is -0.355 e. The maximum absolute atomic E-state index is 11.7. The van der Waals surface area contributed by atoms with E-state index in [-0.39, 0.29) is 5.91 Å². The van der Waals surface area contributed by atoms with Crippen molar-refractivity contribution in [2.75, 3.05) is 20.1 Å². The van der Waals surface area contributed by atoms with Gasteiger partial charge in [-0.3, -0.25) is 9.69 Å². The van der Waals surface area contributed by atoms with E-state index in [9.17, 15) is 4.79 Å². The third-order valence-electron chi connectivity index (χ3n) is 2.56. The van der Waals surface area contributed by atoms with Crippen LogP contribution in [0.1, 0.15) is 19.4 Å². The first-order valence-electron chi connectivity index (χ1n) is 6.27. The van der Waals surface area contributed by atoms with Crippen LogP contribution in [0, 0.1) is 5.92 Å². The van der Waals surface area contributed by atoms with E-state index in [0.29, 0.717) is 35.6 Å². The van der Waals surface area contributed by atoms with Crippen LogP contribution in [0.25, 0.3) is 0 Å². The second-order valence-corrected chi connectivity index (χ2v) is 5.93. The molecule has 0 saturated heterocycles. The van der Waals surface area contributed by atoms with Crippen LogP contribution in [0.4, 0.5) is 0 Å². The number of benzene rings is 1. The highest BCUT2D eigenvalue weighted by molar-refractivity contribution is 6.42. The van der Waals surface area contributed by atoms with Crippen LogP contribution in [-0.2, 0) is 11.3 Å². The van der Waals surface area contributed by atoms with Crippen molar-refractivity contribution >= 4 is 29.1 Å². The zero-order valence-electron chi connectivity index (χ0n) is 11.5. The third-order valence-corrected chi connectivity index (χ3v) is 3.30. The van der Waals surface area contributed by atoms with Crippen molar-refractivity contribution in [2.24, 2.45) is 5.92 Å². The molecule has 3 nitrogen and oxygen atoms in total. The van der Waals surface area contributed by atoms with Crippen LogP contribution in [0.15, 0.2) is 18.2 Å². The van der Waals surface area contributed by atoms with Gasteiger partial charge in [0, 0.05) is 13.1 Å². The highest BCUT2D eigenvalue weighted by Crippen LogP contribution is 2.22. The molecule has 1 N–H and O–H groups in total. The van der Waals surface area contributed by atoms with Gasteiger partial charge in [-0.2, -0.15) is 0 Å². The number of nitrogens with one attached hydrogen (secondary N) is 1. The Labute approximate surface area is 124 Å². The summed E-state index contributed by atoms with van der Waals surface area (Å²) in [5.41, 5.74) is 1.04. The normalized spacial score (nSPS) is 11.1. The Balaban J connectivity index is 2.44. The number of likely N-dealkylation sites (N-methyl/N-ethyl adjacent to an activating group) is 1. The van der Waals surface area contributed by atoms with Gasteiger partial charge >= 0.3 is 0 Å². The van der Waals surface area contributed by atoms with Crippen molar-refractivity contribution in [3.8, 4) is 0 Å². The van der Waals surface area contributed by atoms with E-state index < -0.39 is 0 Å². The number of carbonyl (C=O) groups is 1. The van der Waals surface area contributed by atoms with E-state index in [4.69, 9.17) is 23.2 Å². The topological polar surface area (TPSA) is 32.3 Å². The fraction of sp³-hybridized carbons (Fsp3) is 0.500. The molecule has 0 heterocycles. The summed E-state index contributed by atoms with van der Waals surface area (Å²) in [4.78, 5) is 13.6. The first-order valence-corrected chi connectivity index (χ1v) is 7.03. The van der Waals surface area contributed by atoms with Gasteiger partial charge in [0.05, 0.1) is 16.6 Å². The molecule has 0 saturated carbocycles. The predicted octanol–water partition coefficient (Wildman–Crippen LogP) is 3.20. The molecule has 0 aliphatic carbocycles. The molecular formula is C14H20Cl2N2O. The monoisotopic (exact) mass is 302 g/mol. The van der Waals surface area contributed by atoms with Gasteiger partial charge in [-0.05, 0) is 30.7 Å². The van der Waals surface area contributed by atoms with E-state index in [2.05, 4.69) is 19.2 Å². The smallest absolute Gasteiger partial charge is 0.234 e. The summed E-state index contributed by atoms with van der Waals surface area (Å²) < 4.78 is 0. The minimum atomic E-state index is 0.0382. The van der Waals surface area contributed by atoms with Gasteiger partial charge in [0.15, 0.2) is 0 Å². The lowest BCUT2D eigenvalue weighted by atomic mass is 10.2. The third kappa shape index (κ3) is 6.28. The lowest BCUT2D eigenvalue weighted by Crippen LogP contribution is -2.36. The number of nitrogens with zero attached hydrogens (tertiary/aromatic N) is 1. The van der Waals surface area contributed by atoms with E-state index >= 15 is 0 Å². The summed E-state index contributed by atoms with van der Waals surface area (Å²) in [5.74, 6) is 0.501. The Hall–Kier alpha value is -0.770. The van der Waals surface area contributed by atoms with Crippen LogP contribution in [0.3, 0.4) is 0 Å². The lowest BCUT2D eigenvalue weighted by Gasteiger charge is -2.17. The van der Waals surface area contributed by atoms with Crippen molar-refractivity contribution in [2.45, 2.75) is 20.4 Å². The minimum absolute atomic E-state index is 0.0382. The number of hydrogen-bond donors (Lipinski definition) is 1. The zero-order chi connectivity index (χ0) is 14.4. The van der Waals surface area contributed by atoms with Crippen molar-refractivity contribution in [3.05, 3.63) is 33.8 Å². The van der Waals surface area contributed by atoms with Crippen LogP contribution >= 0.6 is 23.2 Å². The largest absolute Gasteiger partial charge is 0.355 e. The van der Waals surface area contributed by atoms with Gasteiger partial charge < -0.3 is 5.32 Å².